The molecular formula is C14H19N5. The van der Waals surface area contributed by atoms with Crippen LogP contribution in [0.25, 0.3) is 0 Å². The predicted molar refractivity (Wildman–Crippen MR) is 72.5 cm³/mol. The van der Waals surface area contributed by atoms with E-state index in [2.05, 4.69) is 38.9 Å². The summed E-state index contributed by atoms with van der Waals surface area (Å²) in [6, 6.07) is 6.37. The second kappa shape index (κ2) is 5.09. The van der Waals surface area contributed by atoms with Gasteiger partial charge in [0, 0.05) is 25.2 Å². The molecule has 0 bridgehead atoms. The van der Waals surface area contributed by atoms with Gasteiger partial charge in [-0.1, -0.05) is 6.07 Å². The average molecular weight is 257 g/mol. The molecule has 2 unspecified atom stereocenters. The van der Waals surface area contributed by atoms with Gasteiger partial charge in [0.05, 0.1) is 11.7 Å². The van der Waals surface area contributed by atoms with E-state index in [-0.39, 0.29) is 12.1 Å². The molecule has 100 valence electrons. The van der Waals surface area contributed by atoms with Gasteiger partial charge in [0.2, 0.25) is 0 Å². The van der Waals surface area contributed by atoms with Gasteiger partial charge in [-0.05, 0) is 32.4 Å². The van der Waals surface area contributed by atoms with Crippen molar-refractivity contribution in [2.24, 2.45) is 0 Å². The normalized spacial score (nSPS) is 17.2. The lowest BCUT2D eigenvalue weighted by Gasteiger charge is -2.19. The first-order valence-corrected chi connectivity index (χ1v) is 6.84. The Hall–Kier alpha value is -1.75. The molecule has 1 aliphatic rings. The van der Waals surface area contributed by atoms with E-state index in [0.717, 1.165) is 30.3 Å². The van der Waals surface area contributed by atoms with Crippen molar-refractivity contribution in [3.63, 3.8) is 0 Å². The third kappa shape index (κ3) is 2.38. The summed E-state index contributed by atoms with van der Waals surface area (Å²) in [6.45, 7) is 5.30. The number of aryl methyl sites for hydroxylation is 1. The minimum Gasteiger partial charge on any atom is -0.314 e. The van der Waals surface area contributed by atoms with E-state index in [1.54, 1.807) is 0 Å². The Morgan fingerprint density at radius 2 is 2.11 bits per heavy atom. The van der Waals surface area contributed by atoms with Crippen LogP contribution in [0.3, 0.4) is 0 Å². The zero-order chi connectivity index (χ0) is 13.2. The number of aromatic nitrogens is 4. The minimum absolute atomic E-state index is 0.177. The molecule has 0 fully saturated rings. The summed E-state index contributed by atoms with van der Waals surface area (Å²) in [7, 11) is 0. The van der Waals surface area contributed by atoms with Crippen LogP contribution in [0.5, 0.6) is 0 Å². The molecule has 5 heteroatoms. The van der Waals surface area contributed by atoms with E-state index in [4.69, 9.17) is 0 Å². The van der Waals surface area contributed by atoms with Crippen LogP contribution in [0, 0.1) is 0 Å². The molecule has 3 rings (SSSR count). The van der Waals surface area contributed by atoms with Gasteiger partial charge in [0.15, 0.2) is 0 Å². The highest BCUT2D eigenvalue weighted by Crippen LogP contribution is 2.21. The number of hydrogen-bond acceptors (Lipinski definition) is 4. The summed E-state index contributed by atoms with van der Waals surface area (Å²) in [4.78, 5) is 4.38. The molecule has 0 radical (unpaired) electrons. The Morgan fingerprint density at radius 1 is 1.21 bits per heavy atom. The Kier molecular flexibility index (Phi) is 3.29. The SMILES string of the molecule is CC(NC(C)c1nnc2n1CCC2)c1ccccn1. The van der Waals surface area contributed by atoms with Crippen molar-refractivity contribution in [1.82, 2.24) is 25.1 Å². The van der Waals surface area contributed by atoms with Crippen LogP contribution in [-0.4, -0.2) is 19.7 Å². The molecule has 2 aromatic rings. The molecule has 3 heterocycles. The fourth-order valence-electron chi connectivity index (χ4n) is 2.66. The number of nitrogens with one attached hydrogen (secondary N) is 1. The Bertz CT molecular complexity index is 548. The highest BCUT2D eigenvalue weighted by Gasteiger charge is 2.22. The van der Waals surface area contributed by atoms with Crippen molar-refractivity contribution in [2.75, 3.05) is 0 Å². The van der Waals surface area contributed by atoms with E-state index < -0.39 is 0 Å². The second-order valence-electron chi connectivity index (χ2n) is 5.09. The Balaban J connectivity index is 1.73. The third-order valence-electron chi connectivity index (χ3n) is 3.66. The fraction of sp³-hybridized carbons (Fsp3) is 0.500. The highest BCUT2D eigenvalue weighted by atomic mass is 15.3. The van der Waals surface area contributed by atoms with E-state index in [1.807, 2.05) is 24.4 Å². The first-order valence-electron chi connectivity index (χ1n) is 6.84. The quantitative estimate of drug-likeness (QED) is 0.910. The summed E-state index contributed by atoms with van der Waals surface area (Å²) >= 11 is 0. The monoisotopic (exact) mass is 257 g/mol. The maximum absolute atomic E-state index is 4.38. The van der Waals surface area contributed by atoms with Crippen LogP contribution < -0.4 is 5.32 Å². The van der Waals surface area contributed by atoms with E-state index in [9.17, 15) is 0 Å². The molecule has 2 atom stereocenters. The molecule has 1 N–H and O–H groups in total. The lowest BCUT2D eigenvalue weighted by molar-refractivity contribution is 0.453. The van der Waals surface area contributed by atoms with Gasteiger partial charge in [0.1, 0.15) is 11.6 Å². The molecule has 2 aromatic heterocycles. The number of fused-ring (bicyclic) bond motifs is 1. The Morgan fingerprint density at radius 3 is 2.89 bits per heavy atom. The van der Waals surface area contributed by atoms with Gasteiger partial charge in [-0.2, -0.15) is 0 Å². The van der Waals surface area contributed by atoms with Crippen molar-refractivity contribution in [3.8, 4) is 0 Å². The molecule has 0 aromatic carbocycles. The first-order chi connectivity index (χ1) is 9.25. The molecule has 0 spiro atoms. The lowest BCUT2D eigenvalue weighted by atomic mass is 10.2. The third-order valence-corrected chi connectivity index (χ3v) is 3.66. The topological polar surface area (TPSA) is 55.6 Å². The van der Waals surface area contributed by atoms with E-state index >= 15 is 0 Å². The summed E-state index contributed by atoms with van der Waals surface area (Å²) in [5.74, 6) is 2.16. The molecule has 0 saturated heterocycles. The molecule has 0 aliphatic carbocycles. The van der Waals surface area contributed by atoms with Crippen molar-refractivity contribution in [2.45, 2.75) is 45.3 Å². The number of rotatable bonds is 4. The van der Waals surface area contributed by atoms with Gasteiger partial charge < -0.3 is 4.57 Å². The number of hydrogen-bond donors (Lipinski definition) is 1. The van der Waals surface area contributed by atoms with E-state index in [1.165, 1.54) is 6.42 Å². The van der Waals surface area contributed by atoms with Gasteiger partial charge in [0.25, 0.3) is 0 Å². The van der Waals surface area contributed by atoms with E-state index in [0.29, 0.717) is 0 Å². The molecule has 0 amide bonds. The molecule has 0 saturated carbocycles. The molecule has 1 aliphatic heterocycles. The Labute approximate surface area is 113 Å². The highest BCUT2D eigenvalue weighted by molar-refractivity contribution is 5.10. The van der Waals surface area contributed by atoms with Crippen molar-refractivity contribution in [1.29, 1.82) is 0 Å². The molecule has 5 nitrogen and oxygen atoms in total. The number of pyridine rings is 1. The van der Waals surface area contributed by atoms with Gasteiger partial charge in [-0.3, -0.25) is 10.3 Å². The first kappa shape index (κ1) is 12.3. The maximum atomic E-state index is 4.38. The van der Waals surface area contributed by atoms with Crippen LogP contribution in [0.4, 0.5) is 0 Å². The summed E-state index contributed by atoms with van der Waals surface area (Å²) in [5.41, 5.74) is 1.05. The maximum Gasteiger partial charge on any atom is 0.149 e. The smallest absolute Gasteiger partial charge is 0.149 e. The molecular weight excluding hydrogens is 238 g/mol. The van der Waals surface area contributed by atoms with Crippen molar-refractivity contribution < 1.29 is 0 Å². The van der Waals surface area contributed by atoms with Crippen LogP contribution >= 0.6 is 0 Å². The van der Waals surface area contributed by atoms with Crippen molar-refractivity contribution in [3.05, 3.63) is 41.7 Å². The average Bonchev–Trinajstić information content (AvgIpc) is 3.01. The summed E-state index contributed by atoms with van der Waals surface area (Å²) in [6.07, 6.45) is 4.06. The minimum atomic E-state index is 0.177. The van der Waals surface area contributed by atoms with Crippen LogP contribution in [-0.2, 0) is 13.0 Å². The van der Waals surface area contributed by atoms with Gasteiger partial charge in [-0.25, -0.2) is 0 Å². The standard InChI is InChI=1S/C14H19N5/c1-10(12-6-3-4-8-15-12)16-11(2)14-18-17-13-7-5-9-19(13)14/h3-4,6,8,10-11,16H,5,7,9H2,1-2H3. The zero-order valence-electron chi connectivity index (χ0n) is 11.4. The largest absolute Gasteiger partial charge is 0.314 e. The van der Waals surface area contributed by atoms with Crippen LogP contribution in [0.1, 0.15) is 49.7 Å². The van der Waals surface area contributed by atoms with Crippen LogP contribution in [0.2, 0.25) is 0 Å². The zero-order valence-corrected chi connectivity index (χ0v) is 11.4. The van der Waals surface area contributed by atoms with Gasteiger partial charge >= 0.3 is 0 Å². The predicted octanol–water partition coefficient (Wildman–Crippen LogP) is 2.03. The van der Waals surface area contributed by atoms with Gasteiger partial charge in [-0.15, -0.1) is 10.2 Å². The van der Waals surface area contributed by atoms with Crippen LogP contribution in [0.15, 0.2) is 24.4 Å². The van der Waals surface area contributed by atoms with Crippen molar-refractivity contribution >= 4 is 0 Å². The second-order valence-corrected chi connectivity index (χ2v) is 5.09. The summed E-state index contributed by atoms with van der Waals surface area (Å²) < 4.78 is 2.24. The molecule has 19 heavy (non-hydrogen) atoms. The fourth-order valence-corrected chi connectivity index (χ4v) is 2.66. The summed E-state index contributed by atoms with van der Waals surface area (Å²) in [5, 5.41) is 12.1. The number of nitrogens with zero attached hydrogens (tertiary/aromatic N) is 4. The lowest BCUT2D eigenvalue weighted by Crippen LogP contribution is -2.25.